The second kappa shape index (κ2) is 8.72. The van der Waals surface area contributed by atoms with Crippen molar-refractivity contribution in [3.05, 3.63) is 41.7 Å². The van der Waals surface area contributed by atoms with Gasteiger partial charge in [0.1, 0.15) is 5.76 Å². The molecule has 0 unspecified atom stereocenters. The molecule has 0 fully saturated rings. The summed E-state index contributed by atoms with van der Waals surface area (Å²) in [7, 11) is 0. The molecule has 8 nitrogen and oxygen atoms in total. The predicted octanol–water partition coefficient (Wildman–Crippen LogP) is 2.66. The third-order valence-electron chi connectivity index (χ3n) is 3.79. The Labute approximate surface area is 160 Å². The number of nitrogens with zero attached hydrogens (tertiary/aromatic N) is 1. The summed E-state index contributed by atoms with van der Waals surface area (Å²) in [6, 6.07) is 8.25. The summed E-state index contributed by atoms with van der Waals surface area (Å²) >= 11 is 1.17. The molecular formula is C18H21N3O5S. The average molecular weight is 391 g/mol. The monoisotopic (exact) mass is 391 g/mol. The van der Waals surface area contributed by atoms with Crippen molar-refractivity contribution in [1.82, 2.24) is 5.16 Å². The maximum absolute atomic E-state index is 12.0. The molecule has 1 heterocycles. The molecule has 0 atom stereocenters. The van der Waals surface area contributed by atoms with E-state index >= 15 is 0 Å². The molecule has 3 N–H and O–H groups in total. The van der Waals surface area contributed by atoms with Crippen LogP contribution in [0, 0.1) is 6.92 Å². The standard InChI is InChI=1S/C18H21N3O5S/c1-11-8-14(21-26-11)20-16(23)10-27-9-15(22)19-13-6-4-12(5-7-13)18(2,3)17(24)25/h4-8H,9-10H2,1-3H3,(H,19,22)(H,24,25)(H,20,21,23). The highest BCUT2D eigenvalue weighted by atomic mass is 32.2. The molecule has 144 valence electrons. The zero-order valence-electron chi connectivity index (χ0n) is 15.2. The maximum atomic E-state index is 12.0. The number of benzene rings is 1. The number of aromatic nitrogens is 1. The number of aryl methyl sites for hydroxylation is 1. The van der Waals surface area contributed by atoms with Crippen molar-refractivity contribution in [3.63, 3.8) is 0 Å². The lowest BCUT2D eigenvalue weighted by atomic mass is 9.85. The van der Waals surface area contributed by atoms with E-state index < -0.39 is 11.4 Å². The molecule has 1 aromatic carbocycles. The first-order chi connectivity index (χ1) is 12.7. The van der Waals surface area contributed by atoms with Crippen molar-refractivity contribution in [2.24, 2.45) is 0 Å². The van der Waals surface area contributed by atoms with Crippen LogP contribution in [0.4, 0.5) is 11.5 Å². The van der Waals surface area contributed by atoms with E-state index in [1.54, 1.807) is 51.1 Å². The van der Waals surface area contributed by atoms with Crippen LogP contribution in [0.25, 0.3) is 0 Å². The smallest absolute Gasteiger partial charge is 0.313 e. The van der Waals surface area contributed by atoms with Gasteiger partial charge >= 0.3 is 5.97 Å². The number of anilines is 2. The highest BCUT2D eigenvalue weighted by Crippen LogP contribution is 2.24. The van der Waals surface area contributed by atoms with Crippen molar-refractivity contribution in [2.75, 3.05) is 22.1 Å². The van der Waals surface area contributed by atoms with Gasteiger partial charge in [0.15, 0.2) is 5.82 Å². The van der Waals surface area contributed by atoms with Crippen LogP contribution in [0.2, 0.25) is 0 Å². The summed E-state index contributed by atoms with van der Waals surface area (Å²) in [5.74, 6) is -0.313. The molecule has 27 heavy (non-hydrogen) atoms. The van der Waals surface area contributed by atoms with Gasteiger partial charge in [-0.3, -0.25) is 14.4 Å². The molecule has 0 aliphatic heterocycles. The normalized spacial score (nSPS) is 11.1. The lowest BCUT2D eigenvalue weighted by Gasteiger charge is -2.19. The molecular weight excluding hydrogens is 370 g/mol. The van der Waals surface area contributed by atoms with Gasteiger partial charge in [-0.1, -0.05) is 17.3 Å². The molecule has 2 aromatic rings. The number of carbonyl (C=O) groups is 3. The Bertz CT molecular complexity index is 830. The van der Waals surface area contributed by atoms with Gasteiger partial charge in [-0.2, -0.15) is 0 Å². The van der Waals surface area contributed by atoms with Crippen LogP contribution in [-0.4, -0.2) is 39.6 Å². The van der Waals surface area contributed by atoms with Gasteiger partial charge in [0.25, 0.3) is 0 Å². The SMILES string of the molecule is Cc1cc(NC(=O)CSCC(=O)Nc2ccc(C(C)(C)C(=O)O)cc2)no1. The Morgan fingerprint density at radius 3 is 2.22 bits per heavy atom. The molecule has 0 spiro atoms. The quantitative estimate of drug-likeness (QED) is 0.632. The molecule has 0 radical (unpaired) electrons. The number of aliphatic carboxylic acids is 1. The van der Waals surface area contributed by atoms with Gasteiger partial charge in [0.2, 0.25) is 11.8 Å². The van der Waals surface area contributed by atoms with Gasteiger partial charge in [-0.15, -0.1) is 11.8 Å². The fourth-order valence-electron chi connectivity index (χ4n) is 2.13. The summed E-state index contributed by atoms with van der Waals surface area (Å²) in [5.41, 5.74) is 0.198. The number of carboxylic acids is 1. The van der Waals surface area contributed by atoms with Crippen LogP contribution >= 0.6 is 11.8 Å². The number of hydrogen-bond donors (Lipinski definition) is 3. The van der Waals surface area contributed by atoms with Crippen LogP contribution in [0.1, 0.15) is 25.2 Å². The molecule has 9 heteroatoms. The lowest BCUT2D eigenvalue weighted by Crippen LogP contribution is -2.28. The van der Waals surface area contributed by atoms with E-state index in [4.69, 9.17) is 4.52 Å². The molecule has 0 aliphatic rings. The third kappa shape index (κ3) is 5.85. The zero-order valence-corrected chi connectivity index (χ0v) is 16.1. The number of hydrogen-bond acceptors (Lipinski definition) is 6. The first-order valence-corrected chi connectivity index (χ1v) is 9.28. The van der Waals surface area contributed by atoms with Crippen molar-refractivity contribution in [3.8, 4) is 0 Å². The van der Waals surface area contributed by atoms with E-state index in [0.29, 0.717) is 22.8 Å². The van der Waals surface area contributed by atoms with Gasteiger partial charge < -0.3 is 20.3 Å². The largest absolute Gasteiger partial charge is 0.481 e. The minimum atomic E-state index is -1.01. The molecule has 0 aliphatic carbocycles. The molecule has 0 saturated carbocycles. The van der Waals surface area contributed by atoms with E-state index in [-0.39, 0.29) is 23.3 Å². The van der Waals surface area contributed by atoms with Gasteiger partial charge in [0.05, 0.1) is 16.9 Å². The number of carboxylic acid groups (broad SMARTS) is 1. The highest BCUT2D eigenvalue weighted by Gasteiger charge is 2.29. The van der Waals surface area contributed by atoms with Crippen molar-refractivity contribution < 1.29 is 24.0 Å². The van der Waals surface area contributed by atoms with Crippen molar-refractivity contribution >= 4 is 41.1 Å². The van der Waals surface area contributed by atoms with E-state index in [9.17, 15) is 19.5 Å². The molecule has 0 bridgehead atoms. The average Bonchev–Trinajstić information content (AvgIpc) is 3.00. The fourth-order valence-corrected chi connectivity index (χ4v) is 2.75. The summed E-state index contributed by atoms with van der Waals surface area (Å²) < 4.78 is 4.85. The van der Waals surface area contributed by atoms with Gasteiger partial charge in [0, 0.05) is 11.8 Å². The topological polar surface area (TPSA) is 122 Å². The van der Waals surface area contributed by atoms with Crippen LogP contribution in [-0.2, 0) is 19.8 Å². The van der Waals surface area contributed by atoms with Crippen molar-refractivity contribution in [1.29, 1.82) is 0 Å². The lowest BCUT2D eigenvalue weighted by molar-refractivity contribution is -0.142. The Balaban J connectivity index is 1.77. The minimum absolute atomic E-state index is 0.102. The van der Waals surface area contributed by atoms with E-state index in [2.05, 4.69) is 15.8 Å². The fraction of sp³-hybridized carbons (Fsp3) is 0.333. The van der Waals surface area contributed by atoms with E-state index in [0.717, 1.165) is 0 Å². The van der Waals surface area contributed by atoms with Crippen LogP contribution in [0.15, 0.2) is 34.9 Å². The predicted molar refractivity (Wildman–Crippen MR) is 103 cm³/mol. The van der Waals surface area contributed by atoms with E-state index in [1.165, 1.54) is 11.8 Å². The summed E-state index contributed by atoms with van der Waals surface area (Å²) in [6.45, 7) is 4.95. The van der Waals surface area contributed by atoms with Crippen molar-refractivity contribution in [2.45, 2.75) is 26.2 Å². The number of nitrogens with one attached hydrogen (secondary N) is 2. The highest BCUT2D eigenvalue weighted by molar-refractivity contribution is 8.00. The molecule has 1 aromatic heterocycles. The first-order valence-electron chi connectivity index (χ1n) is 8.13. The molecule has 2 amide bonds. The minimum Gasteiger partial charge on any atom is -0.481 e. The number of carbonyl (C=O) groups excluding carboxylic acids is 2. The zero-order chi connectivity index (χ0) is 20.0. The maximum Gasteiger partial charge on any atom is 0.313 e. The van der Waals surface area contributed by atoms with Gasteiger partial charge in [-0.05, 0) is 38.5 Å². The Kier molecular flexibility index (Phi) is 6.62. The first kappa shape index (κ1) is 20.5. The summed E-state index contributed by atoms with van der Waals surface area (Å²) in [5, 5.41) is 18.2. The summed E-state index contributed by atoms with van der Waals surface area (Å²) in [6.07, 6.45) is 0. The number of amides is 2. The Morgan fingerprint density at radius 2 is 1.70 bits per heavy atom. The third-order valence-corrected chi connectivity index (χ3v) is 4.72. The summed E-state index contributed by atoms with van der Waals surface area (Å²) in [4.78, 5) is 35.0. The van der Waals surface area contributed by atoms with Crippen LogP contribution < -0.4 is 10.6 Å². The number of thioether (sulfide) groups is 1. The number of rotatable bonds is 8. The molecule has 0 saturated heterocycles. The van der Waals surface area contributed by atoms with E-state index in [1.807, 2.05) is 0 Å². The Morgan fingerprint density at radius 1 is 1.11 bits per heavy atom. The Hall–Kier alpha value is -2.81. The second-order valence-corrected chi connectivity index (χ2v) is 7.41. The van der Waals surface area contributed by atoms with Crippen LogP contribution in [0.3, 0.4) is 0 Å². The molecule has 2 rings (SSSR count). The van der Waals surface area contributed by atoms with Crippen LogP contribution in [0.5, 0.6) is 0 Å². The second-order valence-electron chi connectivity index (χ2n) is 6.42. The van der Waals surface area contributed by atoms with Gasteiger partial charge in [-0.25, -0.2) is 0 Å².